The number of amides is 1. The lowest BCUT2D eigenvalue weighted by molar-refractivity contribution is -0.112. The molecule has 0 aliphatic rings. The average molecular weight is 454 g/mol. The molecule has 0 atom stereocenters. The van der Waals surface area contributed by atoms with E-state index in [0.717, 1.165) is 0 Å². The fourth-order valence-corrected chi connectivity index (χ4v) is 2.92. The molecule has 1 amide bonds. The highest BCUT2D eigenvalue weighted by molar-refractivity contribution is 6.22. The van der Waals surface area contributed by atoms with Crippen LogP contribution in [-0.4, -0.2) is 18.8 Å². The summed E-state index contributed by atoms with van der Waals surface area (Å²) in [6.07, 6.45) is 0. The number of para-hydroxylation sites is 1. The van der Waals surface area contributed by atoms with Crippen molar-refractivity contribution >= 4 is 23.0 Å². The molecule has 0 aliphatic heterocycles. The van der Waals surface area contributed by atoms with Gasteiger partial charge >= 0.3 is 0 Å². The molecule has 8 nitrogen and oxygen atoms in total. The summed E-state index contributed by atoms with van der Waals surface area (Å²) < 4.78 is 11.6. The normalized spacial score (nSPS) is 11.6. The van der Waals surface area contributed by atoms with Crippen molar-refractivity contribution in [1.29, 1.82) is 5.26 Å². The van der Waals surface area contributed by atoms with Gasteiger partial charge in [-0.05, 0) is 42.0 Å². The van der Waals surface area contributed by atoms with Crippen LogP contribution >= 0.6 is 0 Å². The Labute approximate surface area is 197 Å². The van der Waals surface area contributed by atoms with E-state index in [1.165, 1.54) is 0 Å². The topological polar surface area (TPSA) is 136 Å². The van der Waals surface area contributed by atoms with Gasteiger partial charge in [0, 0.05) is 18.8 Å². The zero-order valence-corrected chi connectivity index (χ0v) is 18.5. The van der Waals surface area contributed by atoms with Gasteiger partial charge in [-0.1, -0.05) is 43.0 Å². The van der Waals surface area contributed by atoms with Crippen LogP contribution in [0, 0.1) is 11.3 Å². The molecule has 34 heavy (non-hydrogen) atoms. The summed E-state index contributed by atoms with van der Waals surface area (Å²) in [5.74, 6) is 1.30. The van der Waals surface area contributed by atoms with Gasteiger partial charge in [-0.3, -0.25) is 9.79 Å². The van der Waals surface area contributed by atoms with E-state index in [-0.39, 0.29) is 17.3 Å². The zero-order valence-electron chi connectivity index (χ0n) is 18.5. The Morgan fingerprint density at radius 1 is 0.971 bits per heavy atom. The highest BCUT2D eigenvalue weighted by atomic mass is 16.5. The van der Waals surface area contributed by atoms with Crippen molar-refractivity contribution in [2.45, 2.75) is 0 Å². The summed E-state index contributed by atoms with van der Waals surface area (Å²) in [7, 11) is 1.55. The van der Waals surface area contributed by atoms with E-state index in [4.69, 9.17) is 26.2 Å². The minimum atomic E-state index is -0.607. The minimum Gasteiger partial charge on any atom is -0.457 e. The largest absolute Gasteiger partial charge is 0.457 e. The molecule has 0 saturated heterocycles. The Balaban J connectivity index is 1.84. The Morgan fingerprint density at radius 2 is 1.62 bits per heavy atom. The van der Waals surface area contributed by atoms with Crippen LogP contribution in [0.2, 0.25) is 0 Å². The predicted octanol–water partition coefficient (Wildman–Crippen LogP) is 4.19. The van der Waals surface area contributed by atoms with Gasteiger partial charge in [-0.15, -0.1) is 0 Å². The van der Waals surface area contributed by atoms with Gasteiger partial charge in [0.25, 0.3) is 5.91 Å². The average Bonchev–Trinajstić information content (AvgIpc) is 2.85. The molecule has 5 N–H and O–H groups in total. The van der Waals surface area contributed by atoms with E-state index in [9.17, 15) is 4.79 Å². The molecule has 0 bridgehead atoms. The van der Waals surface area contributed by atoms with Gasteiger partial charge < -0.3 is 26.3 Å². The number of amidine groups is 1. The van der Waals surface area contributed by atoms with Crippen LogP contribution in [0.5, 0.6) is 17.2 Å². The first-order valence-electron chi connectivity index (χ1n) is 10.1. The third-order valence-electron chi connectivity index (χ3n) is 4.59. The van der Waals surface area contributed by atoms with Gasteiger partial charge in [-0.25, -0.2) is 0 Å². The molecule has 3 aromatic carbocycles. The summed E-state index contributed by atoms with van der Waals surface area (Å²) in [4.78, 5) is 15.9. The van der Waals surface area contributed by atoms with Gasteiger partial charge in [0.15, 0.2) is 0 Å². The maximum Gasteiger partial charge on any atom is 0.265 e. The summed E-state index contributed by atoms with van der Waals surface area (Å²) >= 11 is 0. The highest BCUT2D eigenvalue weighted by Crippen LogP contribution is 2.26. The number of nitriles is 1. The summed E-state index contributed by atoms with van der Waals surface area (Å²) in [6.45, 7) is 3.39. The number of nitrogens with two attached hydrogens (primary N) is 2. The van der Waals surface area contributed by atoms with Gasteiger partial charge in [-0.2, -0.15) is 5.26 Å². The fraction of sp³-hybridized carbons (Fsp3) is 0.0385. The van der Waals surface area contributed by atoms with Crippen LogP contribution in [0.4, 0.5) is 5.69 Å². The summed E-state index contributed by atoms with van der Waals surface area (Å²) in [6, 6.07) is 24.8. The SMILES string of the molecule is C=C(C#N)C(=O)Nc1cccc(OC(N)=C(C(N)=NC)c2ccc(Oc3ccccc3)cc2)c1. The lowest BCUT2D eigenvalue weighted by Gasteiger charge is -2.14. The molecular formula is C26H23N5O3. The molecule has 0 fully saturated rings. The predicted molar refractivity (Wildman–Crippen MR) is 132 cm³/mol. The van der Waals surface area contributed by atoms with E-state index in [0.29, 0.717) is 34.1 Å². The first-order chi connectivity index (χ1) is 16.4. The number of carbonyl (C=O) groups excluding carboxylic acids is 1. The van der Waals surface area contributed by atoms with Gasteiger partial charge in [0.1, 0.15) is 34.7 Å². The molecule has 170 valence electrons. The second-order valence-electron chi connectivity index (χ2n) is 6.96. The van der Waals surface area contributed by atoms with Crippen LogP contribution in [0.3, 0.4) is 0 Å². The number of ether oxygens (including phenoxy) is 2. The number of hydrogen-bond donors (Lipinski definition) is 3. The number of carbonyl (C=O) groups is 1. The van der Waals surface area contributed by atoms with E-state index < -0.39 is 5.91 Å². The molecule has 0 saturated carbocycles. The highest BCUT2D eigenvalue weighted by Gasteiger charge is 2.15. The van der Waals surface area contributed by atoms with Crippen LogP contribution < -0.4 is 26.3 Å². The molecular weight excluding hydrogens is 430 g/mol. The Bertz CT molecular complexity index is 1290. The Kier molecular flexibility index (Phi) is 7.66. The number of benzene rings is 3. The van der Waals surface area contributed by atoms with Crippen molar-refractivity contribution in [1.82, 2.24) is 0 Å². The molecule has 3 rings (SSSR count). The number of nitrogens with one attached hydrogen (secondary N) is 1. The first-order valence-corrected chi connectivity index (χ1v) is 10.1. The summed E-state index contributed by atoms with van der Waals surface area (Å²) in [5.41, 5.74) is 13.7. The van der Waals surface area contributed by atoms with E-state index >= 15 is 0 Å². The Hall–Kier alpha value is -5.03. The number of aliphatic imine (C=N–C) groups is 1. The molecule has 3 aromatic rings. The standard InChI is InChI=1S/C26H23N5O3/c1-17(16-27)26(32)31-19-7-6-10-22(15-19)34-25(29)23(24(28)30-2)18-11-13-21(14-12-18)33-20-8-4-3-5-9-20/h3-15H,1,29H2,2H3,(H2,28,30)(H,31,32). The van der Waals surface area contributed by atoms with Crippen LogP contribution in [-0.2, 0) is 4.79 Å². The van der Waals surface area contributed by atoms with Crippen molar-refractivity contribution in [3.8, 4) is 23.3 Å². The molecule has 0 aromatic heterocycles. The fourth-order valence-electron chi connectivity index (χ4n) is 2.92. The smallest absolute Gasteiger partial charge is 0.265 e. The van der Waals surface area contributed by atoms with Crippen LogP contribution in [0.15, 0.2) is 102 Å². The first kappa shape index (κ1) is 23.6. The van der Waals surface area contributed by atoms with Crippen molar-refractivity contribution < 1.29 is 14.3 Å². The van der Waals surface area contributed by atoms with Crippen molar-refractivity contribution in [3.05, 3.63) is 102 Å². The van der Waals surface area contributed by atoms with Crippen molar-refractivity contribution in [2.75, 3.05) is 12.4 Å². The van der Waals surface area contributed by atoms with Crippen LogP contribution in [0.1, 0.15) is 5.56 Å². The number of anilines is 1. The molecule has 0 unspecified atom stereocenters. The number of hydrogen-bond acceptors (Lipinski definition) is 6. The lowest BCUT2D eigenvalue weighted by Crippen LogP contribution is -2.21. The van der Waals surface area contributed by atoms with Crippen molar-refractivity contribution in [3.63, 3.8) is 0 Å². The van der Waals surface area contributed by atoms with E-state index in [2.05, 4.69) is 16.9 Å². The molecule has 0 radical (unpaired) electrons. The summed E-state index contributed by atoms with van der Waals surface area (Å²) in [5, 5.41) is 11.4. The molecule has 0 heterocycles. The molecule has 0 spiro atoms. The van der Waals surface area contributed by atoms with Crippen molar-refractivity contribution in [2.24, 2.45) is 16.5 Å². The quantitative estimate of drug-likeness (QED) is 0.154. The van der Waals surface area contributed by atoms with E-state index in [1.54, 1.807) is 61.6 Å². The van der Waals surface area contributed by atoms with E-state index in [1.807, 2.05) is 30.3 Å². The third kappa shape index (κ3) is 6.02. The molecule has 0 aliphatic carbocycles. The van der Waals surface area contributed by atoms with Gasteiger partial charge in [0.05, 0.1) is 5.57 Å². The zero-order chi connectivity index (χ0) is 24.5. The lowest BCUT2D eigenvalue weighted by atomic mass is 10.1. The van der Waals surface area contributed by atoms with Crippen LogP contribution in [0.25, 0.3) is 5.57 Å². The minimum absolute atomic E-state index is 0.0183. The number of nitrogens with zero attached hydrogens (tertiary/aromatic N) is 2. The second kappa shape index (κ2) is 11.0. The molecule has 8 heteroatoms. The van der Waals surface area contributed by atoms with Gasteiger partial charge in [0.2, 0.25) is 5.88 Å². The number of rotatable bonds is 8. The second-order valence-corrected chi connectivity index (χ2v) is 6.96. The maximum absolute atomic E-state index is 11.9. The Morgan fingerprint density at radius 3 is 2.26 bits per heavy atom. The maximum atomic E-state index is 11.9. The monoisotopic (exact) mass is 453 g/mol. The third-order valence-corrected chi connectivity index (χ3v) is 4.59.